The SMILES string of the molecule is CC(=O)N(C(=O)CN)[C@H]1[C@H]([C@H](O)[C@H](O)CO)O[C@](OP(=O)(O)OC[C@H]2O[C@@H](n3ccc(N)nc3=O)[C@H](O)[C@@H]2O)(C(=O)O)C[C@@H]1O. The van der Waals surface area contributed by atoms with Gasteiger partial charge in [0.15, 0.2) is 6.23 Å². The summed E-state index contributed by atoms with van der Waals surface area (Å²) in [4.78, 5) is 63.4. The van der Waals surface area contributed by atoms with Gasteiger partial charge in [-0.25, -0.2) is 18.7 Å². The topological polar surface area (TPSA) is 357 Å². The molecule has 0 aromatic carbocycles. The molecule has 0 spiro atoms. The van der Waals surface area contributed by atoms with Gasteiger partial charge in [-0.3, -0.25) is 23.6 Å². The molecule has 0 saturated carbocycles. The lowest BCUT2D eigenvalue weighted by Crippen LogP contribution is -2.69. The second-order valence-electron chi connectivity index (χ2n) is 10.1. The lowest BCUT2D eigenvalue weighted by Gasteiger charge is -2.48. The molecule has 2 saturated heterocycles. The van der Waals surface area contributed by atoms with Crippen LogP contribution in [0.15, 0.2) is 17.1 Å². The van der Waals surface area contributed by atoms with Crippen molar-refractivity contribution in [2.24, 2.45) is 5.73 Å². The Kier molecular flexibility index (Phi) is 11.5. The van der Waals surface area contributed by atoms with Crippen molar-refractivity contribution in [3.05, 3.63) is 22.7 Å². The number of hydrogen-bond donors (Lipinski definition) is 10. The average Bonchev–Trinajstić information content (AvgIpc) is 3.24. The Hall–Kier alpha value is -2.96. The second-order valence-corrected chi connectivity index (χ2v) is 11.5. The van der Waals surface area contributed by atoms with E-state index in [4.69, 9.17) is 30.0 Å². The summed E-state index contributed by atoms with van der Waals surface area (Å²) >= 11 is 0. The molecule has 254 valence electrons. The average molecular weight is 672 g/mol. The Bertz CT molecular complexity index is 1370. The van der Waals surface area contributed by atoms with E-state index < -0.39 is 118 Å². The molecule has 1 unspecified atom stereocenters. The van der Waals surface area contributed by atoms with Crippen LogP contribution in [0.2, 0.25) is 0 Å². The molecule has 0 bridgehead atoms. The number of phosphoric acid groups is 1. The number of anilines is 1. The molecule has 1 aromatic rings. The third kappa shape index (κ3) is 7.72. The zero-order valence-electron chi connectivity index (χ0n) is 23.4. The van der Waals surface area contributed by atoms with Gasteiger partial charge in [0.25, 0.3) is 5.79 Å². The Morgan fingerprint density at radius 1 is 1.27 bits per heavy atom. The quantitative estimate of drug-likeness (QED) is 0.0924. The van der Waals surface area contributed by atoms with Crippen molar-refractivity contribution in [1.29, 1.82) is 0 Å². The van der Waals surface area contributed by atoms with E-state index in [9.17, 15) is 64.4 Å². The number of carbonyl (C=O) groups excluding carboxylic acids is 2. The normalized spacial score (nSPS) is 32.8. The number of carbonyl (C=O) groups is 3. The third-order valence-electron chi connectivity index (χ3n) is 6.99. The van der Waals surface area contributed by atoms with Gasteiger partial charge in [0.1, 0.15) is 42.4 Å². The lowest BCUT2D eigenvalue weighted by atomic mass is 9.87. The molecule has 11 atom stereocenters. The molecule has 3 rings (SSSR count). The number of amides is 2. The maximum absolute atomic E-state index is 13.0. The molecule has 2 aliphatic heterocycles. The summed E-state index contributed by atoms with van der Waals surface area (Å²) in [6.45, 7) is -2.17. The maximum atomic E-state index is 13.0. The summed E-state index contributed by atoms with van der Waals surface area (Å²) in [6.07, 6.45) is -15.9. The first-order valence-electron chi connectivity index (χ1n) is 13.0. The molecule has 2 amide bonds. The predicted molar refractivity (Wildman–Crippen MR) is 141 cm³/mol. The van der Waals surface area contributed by atoms with Crippen molar-refractivity contribution in [2.75, 3.05) is 25.5 Å². The number of aliphatic carboxylic acids is 1. The monoisotopic (exact) mass is 671 g/mol. The van der Waals surface area contributed by atoms with E-state index >= 15 is 0 Å². The van der Waals surface area contributed by atoms with Gasteiger partial charge >= 0.3 is 19.5 Å². The molecule has 3 heterocycles. The fourth-order valence-corrected chi connectivity index (χ4v) is 5.81. The fraction of sp³-hybridized carbons (Fsp3) is 0.682. The number of phosphoric ester groups is 1. The Balaban J connectivity index is 1.87. The molecular weight excluding hydrogens is 637 g/mol. The Labute approximate surface area is 252 Å². The number of carboxylic acid groups (broad SMARTS) is 1. The molecule has 2 aliphatic rings. The molecule has 12 N–H and O–H groups in total. The highest BCUT2D eigenvalue weighted by Crippen LogP contribution is 2.51. The highest BCUT2D eigenvalue weighted by Gasteiger charge is 2.60. The van der Waals surface area contributed by atoms with Crippen LogP contribution in [0.1, 0.15) is 19.6 Å². The van der Waals surface area contributed by atoms with Crippen molar-refractivity contribution in [3.63, 3.8) is 0 Å². The van der Waals surface area contributed by atoms with Crippen LogP contribution in [0, 0.1) is 0 Å². The summed E-state index contributed by atoms with van der Waals surface area (Å²) in [5.74, 6) is -7.89. The Morgan fingerprint density at radius 2 is 1.91 bits per heavy atom. The zero-order valence-corrected chi connectivity index (χ0v) is 24.3. The molecule has 0 aliphatic carbocycles. The number of nitrogens with two attached hydrogens (primary N) is 2. The number of ether oxygens (including phenoxy) is 2. The number of imide groups is 1. The minimum atomic E-state index is -5.64. The van der Waals surface area contributed by atoms with Gasteiger partial charge in [-0.05, 0) is 6.07 Å². The number of aliphatic hydroxyl groups is 6. The summed E-state index contributed by atoms with van der Waals surface area (Å²) in [5.41, 5.74) is 9.77. The Morgan fingerprint density at radius 3 is 2.44 bits per heavy atom. The van der Waals surface area contributed by atoms with Crippen LogP contribution in [-0.2, 0) is 37.5 Å². The number of hydrogen-bond acceptors (Lipinski definition) is 18. The molecule has 1 aromatic heterocycles. The van der Waals surface area contributed by atoms with Crippen molar-refractivity contribution >= 4 is 31.4 Å². The van der Waals surface area contributed by atoms with Gasteiger partial charge < -0.3 is 61.6 Å². The van der Waals surface area contributed by atoms with E-state index in [1.807, 2.05) is 0 Å². The van der Waals surface area contributed by atoms with E-state index in [-0.39, 0.29) is 5.82 Å². The van der Waals surface area contributed by atoms with Gasteiger partial charge in [0.2, 0.25) is 11.8 Å². The minimum absolute atomic E-state index is 0.156. The van der Waals surface area contributed by atoms with Gasteiger partial charge in [0.05, 0.1) is 31.9 Å². The lowest BCUT2D eigenvalue weighted by molar-refractivity contribution is -0.296. The molecule has 0 radical (unpaired) electrons. The van der Waals surface area contributed by atoms with Crippen LogP contribution >= 0.6 is 7.82 Å². The first kappa shape index (κ1) is 36.5. The van der Waals surface area contributed by atoms with Crippen molar-refractivity contribution in [3.8, 4) is 0 Å². The number of carboxylic acids is 1. The van der Waals surface area contributed by atoms with E-state index in [0.717, 1.165) is 17.7 Å². The second kappa shape index (κ2) is 14.2. The third-order valence-corrected chi connectivity index (χ3v) is 7.99. The van der Waals surface area contributed by atoms with E-state index in [0.29, 0.717) is 4.90 Å². The minimum Gasteiger partial charge on any atom is -0.477 e. The number of nitrogens with zero attached hydrogens (tertiary/aromatic N) is 3. The molecule has 2 fully saturated rings. The maximum Gasteiger partial charge on any atom is 0.475 e. The van der Waals surface area contributed by atoms with Gasteiger partial charge in [-0.15, -0.1) is 0 Å². The van der Waals surface area contributed by atoms with Crippen molar-refractivity contribution < 1.29 is 78.1 Å². The predicted octanol–water partition coefficient (Wildman–Crippen LogP) is -6.07. The smallest absolute Gasteiger partial charge is 0.475 e. The van der Waals surface area contributed by atoms with Gasteiger partial charge in [-0.1, -0.05) is 0 Å². The summed E-state index contributed by atoms with van der Waals surface area (Å²) < 4.78 is 33.9. The van der Waals surface area contributed by atoms with Crippen LogP contribution in [0.25, 0.3) is 0 Å². The van der Waals surface area contributed by atoms with E-state index in [2.05, 4.69) is 4.98 Å². The van der Waals surface area contributed by atoms with Crippen LogP contribution in [0.4, 0.5) is 5.82 Å². The molecular formula is C22H34N5O17P. The highest BCUT2D eigenvalue weighted by molar-refractivity contribution is 7.47. The van der Waals surface area contributed by atoms with Gasteiger partial charge in [-0.2, -0.15) is 4.98 Å². The van der Waals surface area contributed by atoms with E-state index in [1.165, 1.54) is 6.07 Å². The molecule has 45 heavy (non-hydrogen) atoms. The van der Waals surface area contributed by atoms with Gasteiger partial charge in [0, 0.05) is 19.5 Å². The van der Waals surface area contributed by atoms with Crippen molar-refractivity contribution in [2.45, 2.75) is 74.1 Å². The van der Waals surface area contributed by atoms with Crippen molar-refractivity contribution in [1.82, 2.24) is 14.5 Å². The van der Waals surface area contributed by atoms with Crippen LogP contribution < -0.4 is 17.2 Å². The number of nitrogen functional groups attached to an aromatic ring is 1. The summed E-state index contributed by atoms with van der Waals surface area (Å²) in [7, 11) is -5.64. The first-order chi connectivity index (χ1) is 20.9. The van der Waals surface area contributed by atoms with Crippen LogP contribution in [0.5, 0.6) is 0 Å². The van der Waals surface area contributed by atoms with Crippen LogP contribution in [0.3, 0.4) is 0 Å². The standard InChI is InChI=1S/C22H34N5O17P/c1-8(29)27(13(32)5-23)14-9(30)4-22(20(36)37,43-18(14)15(33)10(31)6-28)44-45(39,40)41-7-11-16(34)17(35)19(42-11)26-3-2-12(24)25-21(26)38/h2-3,9-11,14-19,28,30-31,33-35H,4-7,23H2,1H3,(H,36,37)(H,39,40)(H2,24,25,38)/t9-,10+,11+,14+,15+,16+,17+,18+,19+,22+/m0/s1. The molecule has 22 nitrogen and oxygen atoms in total. The fourth-order valence-electron chi connectivity index (χ4n) is 4.85. The highest BCUT2D eigenvalue weighted by atomic mass is 31.2. The van der Waals surface area contributed by atoms with Crippen LogP contribution in [-0.4, -0.2) is 147 Å². The number of aliphatic hydroxyl groups excluding tert-OH is 6. The number of aromatic nitrogens is 2. The largest absolute Gasteiger partial charge is 0.477 e. The molecule has 23 heteroatoms. The number of rotatable bonds is 12. The summed E-state index contributed by atoms with van der Waals surface area (Å²) in [5, 5.41) is 71.6. The zero-order chi connectivity index (χ0) is 34.0. The first-order valence-corrected chi connectivity index (χ1v) is 14.5. The summed E-state index contributed by atoms with van der Waals surface area (Å²) in [6, 6.07) is -0.764. The van der Waals surface area contributed by atoms with E-state index in [1.54, 1.807) is 0 Å².